The summed E-state index contributed by atoms with van der Waals surface area (Å²) in [6.45, 7) is 9.06. The summed E-state index contributed by atoms with van der Waals surface area (Å²) < 4.78 is 29.2. The Labute approximate surface area is 127 Å². The zero-order chi connectivity index (χ0) is 15.7. The van der Waals surface area contributed by atoms with Gasteiger partial charge in [-0.15, -0.1) is 0 Å². The second-order valence-corrected chi connectivity index (χ2v) is 9.04. The Morgan fingerprint density at radius 1 is 1.33 bits per heavy atom. The van der Waals surface area contributed by atoms with Gasteiger partial charge in [-0.1, -0.05) is 18.2 Å². The van der Waals surface area contributed by atoms with Gasteiger partial charge in [0.05, 0.1) is 11.5 Å². The maximum absolute atomic E-state index is 11.6. The van der Waals surface area contributed by atoms with Crippen molar-refractivity contribution in [3.05, 3.63) is 29.3 Å². The van der Waals surface area contributed by atoms with Crippen molar-refractivity contribution in [3.8, 4) is 5.75 Å². The van der Waals surface area contributed by atoms with E-state index in [0.717, 1.165) is 16.9 Å². The van der Waals surface area contributed by atoms with E-state index in [2.05, 4.69) is 26.1 Å². The summed E-state index contributed by atoms with van der Waals surface area (Å²) in [7, 11) is -2.92. The normalized spacial score (nSPS) is 21.4. The highest BCUT2D eigenvalue weighted by molar-refractivity contribution is 7.91. The molecule has 1 unspecified atom stereocenters. The molecule has 1 aliphatic rings. The van der Waals surface area contributed by atoms with Gasteiger partial charge in [0.2, 0.25) is 0 Å². The number of benzene rings is 1. The average Bonchev–Trinajstić information content (AvgIpc) is 2.68. The van der Waals surface area contributed by atoms with Crippen molar-refractivity contribution >= 4 is 9.84 Å². The van der Waals surface area contributed by atoms with Crippen molar-refractivity contribution < 1.29 is 13.2 Å². The Bertz CT molecular complexity index is 602. The van der Waals surface area contributed by atoms with Crippen LogP contribution in [0.4, 0.5) is 0 Å². The highest BCUT2D eigenvalue weighted by Crippen LogP contribution is 2.27. The zero-order valence-electron chi connectivity index (χ0n) is 13.3. The van der Waals surface area contributed by atoms with Crippen LogP contribution in [0.2, 0.25) is 0 Å². The van der Waals surface area contributed by atoms with Crippen molar-refractivity contribution in [2.45, 2.75) is 52.3 Å². The Kier molecular flexibility index (Phi) is 4.63. The molecule has 0 aromatic heterocycles. The van der Waals surface area contributed by atoms with Crippen LogP contribution in [0.25, 0.3) is 0 Å². The summed E-state index contributed by atoms with van der Waals surface area (Å²) in [6, 6.07) is 6.04. The van der Waals surface area contributed by atoms with E-state index >= 15 is 0 Å². The molecule has 4 nitrogen and oxygen atoms in total. The predicted molar refractivity (Wildman–Crippen MR) is 85.5 cm³/mol. The molecule has 5 heteroatoms. The van der Waals surface area contributed by atoms with E-state index in [1.807, 2.05) is 25.1 Å². The number of nitrogens with one attached hydrogen (secondary N) is 1. The summed E-state index contributed by atoms with van der Waals surface area (Å²) in [6.07, 6.45) is 0.368. The third kappa shape index (κ3) is 4.71. The van der Waals surface area contributed by atoms with Crippen LogP contribution >= 0.6 is 0 Å². The van der Waals surface area contributed by atoms with E-state index in [1.54, 1.807) is 0 Å². The molecule has 2 rings (SSSR count). The molecule has 0 aliphatic carbocycles. The molecule has 1 aliphatic heterocycles. The molecule has 1 fully saturated rings. The molecule has 21 heavy (non-hydrogen) atoms. The lowest BCUT2D eigenvalue weighted by atomic mass is 10.1. The Morgan fingerprint density at radius 3 is 2.62 bits per heavy atom. The van der Waals surface area contributed by atoms with E-state index in [-0.39, 0.29) is 23.1 Å². The first-order chi connectivity index (χ1) is 9.66. The molecule has 1 heterocycles. The second-order valence-electron chi connectivity index (χ2n) is 6.81. The van der Waals surface area contributed by atoms with Crippen LogP contribution in [0, 0.1) is 6.92 Å². The minimum Gasteiger partial charge on any atom is -0.489 e. The van der Waals surface area contributed by atoms with Gasteiger partial charge in [0.1, 0.15) is 11.9 Å². The molecule has 1 atom stereocenters. The fraction of sp³-hybridized carbons (Fsp3) is 0.625. The molecule has 1 N–H and O–H groups in total. The monoisotopic (exact) mass is 311 g/mol. The first-order valence-corrected chi connectivity index (χ1v) is 9.19. The largest absolute Gasteiger partial charge is 0.489 e. The van der Waals surface area contributed by atoms with Crippen molar-refractivity contribution in [2.24, 2.45) is 0 Å². The van der Waals surface area contributed by atoms with Crippen molar-refractivity contribution in [1.82, 2.24) is 5.32 Å². The summed E-state index contributed by atoms with van der Waals surface area (Å²) in [5, 5.41) is 3.45. The SMILES string of the molecule is Cc1cccc(CNC(C)(C)C)c1OC1CCS(=O)(=O)C1. The first-order valence-electron chi connectivity index (χ1n) is 7.37. The number of sulfone groups is 1. The predicted octanol–water partition coefficient (Wildman–Crippen LogP) is 2.45. The maximum atomic E-state index is 11.6. The lowest BCUT2D eigenvalue weighted by Crippen LogP contribution is -2.35. The lowest BCUT2D eigenvalue weighted by molar-refractivity contribution is 0.224. The van der Waals surface area contributed by atoms with Crippen LogP contribution in [-0.2, 0) is 16.4 Å². The second kappa shape index (κ2) is 5.97. The lowest BCUT2D eigenvalue weighted by Gasteiger charge is -2.23. The van der Waals surface area contributed by atoms with Gasteiger partial charge in [-0.05, 0) is 39.7 Å². The Hall–Kier alpha value is -1.07. The van der Waals surface area contributed by atoms with Crippen molar-refractivity contribution in [2.75, 3.05) is 11.5 Å². The van der Waals surface area contributed by atoms with Crippen LogP contribution in [0.15, 0.2) is 18.2 Å². The standard InChI is InChI=1S/C16H25NO3S/c1-12-6-5-7-13(10-17-16(2,3)4)15(12)20-14-8-9-21(18,19)11-14/h5-7,14,17H,8-11H2,1-4H3. The highest BCUT2D eigenvalue weighted by atomic mass is 32.2. The number of hydrogen-bond donors (Lipinski definition) is 1. The number of ether oxygens (including phenoxy) is 1. The van der Waals surface area contributed by atoms with E-state index in [9.17, 15) is 8.42 Å². The molecule has 0 spiro atoms. The van der Waals surface area contributed by atoms with Gasteiger partial charge >= 0.3 is 0 Å². The Morgan fingerprint density at radius 2 is 2.05 bits per heavy atom. The van der Waals surface area contributed by atoms with Gasteiger partial charge < -0.3 is 10.1 Å². The Balaban J connectivity index is 2.14. The summed E-state index contributed by atoms with van der Waals surface area (Å²) >= 11 is 0. The van der Waals surface area contributed by atoms with Gasteiger partial charge in [-0.2, -0.15) is 0 Å². The smallest absolute Gasteiger partial charge is 0.154 e. The van der Waals surface area contributed by atoms with E-state index < -0.39 is 9.84 Å². The number of aryl methyl sites for hydroxylation is 1. The van der Waals surface area contributed by atoms with Crippen molar-refractivity contribution in [3.63, 3.8) is 0 Å². The van der Waals surface area contributed by atoms with Crippen LogP contribution in [-0.4, -0.2) is 31.6 Å². The molecule has 1 saturated heterocycles. The molecular weight excluding hydrogens is 286 g/mol. The van der Waals surface area contributed by atoms with E-state index in [1.165, 1.54) is 0 Å². The average molecular weight is 311 g/mol. The highest BCUT2D eigenvalue weighted by Gasteiger charge is 2.30. The fourth-order valence-corrected chi connectivity index (χ4v) is 3.99. The minimum absolute atomic E-state index is 0.0255. The summed E-state index contributed by atoms with van der Waals surface area (Å²) in [5.74, 6) is 1.20. The van der Waals surface area contributed by atoms with Crippen LogP contribution in [0.1, 0.15) is 38.3 Å². The third-order valence-corrected chi connectivity index (χ3v) is 5.32. The molecule has 0 bridgehead atoms. The first kappa shape index (κ1) is 16.3. The van der Waals surface area contributed by atoms with E-state index in [4.69, 9.17) is 4.74 Å². The summed E-state index contributed by atoms with van der Waals surface area (Å²) in [4.78, 5) is 0. The molecule has 0 amide bonds. The fourth-order valence-electron chi connectivity index (χ4n) is 2.40. The number of para-hydroxylation sites is 1. The number of rotatable bonds is 4. The van der Waals surface area contributed by atoms with Gasteiger partial charge in [-0.25, -0.2) is 8.42 Å². The third-order valence-electron chi connectivity index (χ3n) is 3.58. The summed E-state index contributed by atoms with van der Waals surface area (Å²) in [5.41, 5.74) is 2.15. The van der Waals surface area contributed by atoms with Crippen LogP contribution in [0.3, 0.4) is 0 Å². The topological polar surface area (TPSA) is 55.4 Å². The number of hydrogen-bond acceptors (Lipinski definition) is 4. The van der Waals surface area contributed by atoms with E-state index in [0.29, 0.717) is 13.0 Å². The minimum atomic E-state index is -2.92. The molecule has 118 valence electrons. The van der Waals surface area contributed by atoms with Gasteiger partial charge in [0.25, 0.3) is 0 Å². The van der Waals surface area contributed by atoms with Crippen LogP contribution < -0.4 is 10.1 Å². The van der Waals surface area contributed by atoms with Gasteiger partial charge in [0.15, 0.2) is 9.84 Å². The molecule has 1 aromatic carbocycles. The van der Waals surface area contributed by atoms with Gasteiger partial charge in [-0.3, -0.25) is 0 Å². The quantitative estimate of drug-likeness (QED) is 0.928. The maximum Gasteiger partial charge on any atom is 0.154 e. The van der Waals surface area contributed by atoms with Crippen LogP contribution in [0.5, 0.6) is 5.75 Å². The van der Waals surface area contributed by atoms with Crippen molar-refractivity contribution in [1.29, 1.82) is 0 Å². The molecule has 1 aromatic rings. The molecular formula is C16H25NO3S. The van der Waals surface area contributed by atoms with Gasteiger partial charge in [0, 0.05) is 17.6 Å². The molecule has 0 saturated carbocycles. The molecule has 0 radical (unpaired) electrons. The zero-order valence-corrected chi connectivity index (χ0v) is 14.1.